The molecule has 1 heterocycles. The van der Waals surface area contributed by atoms with Gasteiger partial charge in [0, 0.05) is 19.1 Å². The summed E-state index contributed by atoms with van der Waals surface area (Å²) in [6.45, 7) is 2.05. The molecule has 3 rings (SSSR count). The van der Waals surface area contributed by atoms with E-state index >= 15 is 0 Å². The first-order chi connectivity index (χ1) is 7.34. The second-order valence-electron chi connectivity index (χ2n) is 4.74. The van der Waals surface area contributed by atoms with E-state index in [-0.39, 0.29) is 6.10 Å². The Labute approximate surface area is 90.5 Å². The first kappa shape index (κ1) is 9.37. The van der Waals surface area contributed by atoms with E-state index in [1.165, 1.54) is 17.5 Å². The monoisotopic (exact) mass is 203 g/mol. The van der Waals surface area contributed by atoms with Crippen molar-refractivity contribution < 1.29 is 5.11 Å². The van der Waals surface area contributed by atoms with Crippen LogP contribution in [0, 0.1) is 0 Å². The average Bonchev–Trinajstić information content (AvgIpc) is 2.82. The minimum absolute atomic E-state index is 0.0979. The lowest BCUT2D eigenvalue weighted by Gasteiger charge is -2.26. The standard InChI is InChI=1S/C13H17NO/c15-13-7-3-6-12(13)14-8-10-4-1-2-5-11(10)9-14/h1-2,4-5,12-13,15H,3,6-9H2. The van der Waals surface area contributed by atoms with Gasteiger partial charge < -0.3 is 5.11 Å². The number of aliphatic hydroxyl groups excluding tert-OH is 1. The molecule has 1 saturated carbocycles. The van der Waals surface area contributed by atoms with Gasteiger partial charge in [0.1, 0.15) is 0 Å². The van der Waals surface area contributed by atoms with Gasteiger partial charge in [-0.05, 0) is 30.4 Å². The third kappa shape index (κ3) is 1.58. The molecule has 0 amide bonds. The summed E-state index contributed by atoms with van der Waals surface area (Å²) in [6, 6.07) is 9.02. The highest BCUT2D eigenvalue weighted by Crippen LogP contribution is 2.31. The lowest BCUT2D eigenvalue weighted by atomic mass is 10.1. The van der Waals surface area contributed by atoms with E-state index in [0.717, 1.165) is 25.9 Å². The molecule has 15 heavy (non-hydrogen) atoms. The van der Waals surface area contributed by atoms with Crippen LogP contribution in [0.1, 0.15) is 30.4 Å². The fourth-order valence-electron chi connectivity index (χ4n) is 2.94. The van der Waals surface area contributed by atoms with Crippen LogP contribution in [0.2, 0.25) is 0 Å². The number of nitrogens with zero attached hydrogens (tertiary/aromatic N) is 1. The van der Waals surface area contributed by atoms with E-state index in [1.807, 2.05) is 0 Å². The summed E-state index contributed by atoms with van der Waals surface area (Å²) in [5.74, 6) is 0. The van der Waals surface area contributed by atoms with Crippen LogP contribution in [0.4, 0.5) is 0 Å². The molecule has 1 aliphatic carbocycles. The molecule has 1 aromatic rings. The zero-order valence-corrected chi connectivity index (χ0v) is 8.89. The van der Waals surface area contributed by atoms with Crippen molar-refractivity contribution in [3.8, 4) is 0 Å². The Balaban J connectivity index is 1.78. The van der Waals surface area contributed by atoms with Gasteiger partial charge >= 0.3 is 0 Å². The molecule has 2 atom stereocenters. The van der Waals surface area contributed by atoms with Gasteiger partial charge in [-0.25, -0.2) is 0 Å². The van der Waals surface area contributed by atoms with Crippen molar-refractivity contribution in [2.24, 2.45) is 0 Å². The topological polar surface area (TPSA) is 23.5 Å². The van der Waals surface area contributed by atoms with Crippen LogP contribution in [0.15, 0.2) is 24.3 Å². The van der Waals surface area contributed by atoms with Crippen molar-refractivity contribution in [1.82, 2.24) is 4.90 Å². The number of hydrogen-bond donors (Lipinski definition) is 1. The second-order valence-corrected chi connectivity index (χ2v) is 4.74. The molecule has 0 radical (unpaired) electrons. The van der Waals surface area contributed by atoms with Crippen molar-refractivity contribution in [2.45, 2.75) is 44.5 Å². The Morgan fingerprint density at radius 1 is 1.07 bits per heavy atom. The lowest BCUT2D eigenvalue weighted by Crippen LogP contribution is -2.36. The average molecular weight is 203 g/mol. The van der Waals surface area contributed by atoms with E-state index < -0.39 is 0 Å². The Bertz CT molecular complexity index is 338. The highest BCUT2D eigenvalue weighted by atomic mass is 16.3. The van der Waals surface area contributed by atoms with E-state index in [4.69, 9.17) is 0 Å². The van der Waals surface area contributed by atoms with Crippen molar-refractivity contribution in [2.75, 3.05) is 0 Å². The zero-order chi connectivity index (χ0) is 10.3. The van der Waals surface area contributed by atoms with Gasteiger partial charge in [-0.1, -0.05) is 24.3 Å². The number of aliphatic hydroxyl groups is 1. The third-order valence-corrected chi connectivity index (χ3v) is 3.78. The van der Waals surface area contributed by atoms with Crippen molar-refractivity contribution >= 4 is 0 Å². The quantitative estimate of drug-likeness (QED) is 0.753. The number of benzene rings is 1. The van der Waals surface area contributed by atoms with Crippen LogP contribution in [0.25, 0.3) is 0 Å². The molecule has 1 aromatic carbocycles. The van der Waals surface area contributed by atoms with Crippen molar-refractivity contribution in [3.05, 3.63) is 35.4 Å². The molecular weight excluding hydrogens is 186 g/mol. The third-order valence-electron chi connectivity index (χ3n) is 3.78. The molecule has 0 saturated heterocycles. The summed E-state index contributed by atoms with van der Waals surface area (Å²) in [6.07, 6.45) is 3.23. The molecule has 0 spiro atoms. The lowest BCUT2D eigenvalue weighted by molar-refractivity contribution is 0.0690. The van der Waals surface area contributed by atoms with Crippen LogP contribution in [0.5, 0.6) is 0 Å². The van der Waals surface area contributed by atoms with Crippen LogP contribution in [-0.4, -0.2) is 22.2 Å². The predicted molar refractivity (Wildman–Crippen MR) is 59.3 cm³/mol. The fourth-order valence-corrected chi connectivity index (χ4v) is 2.94. The molecule has 0 bridgehead atoms. The van der Waals surface area contributed by atoms with Gasteiger partial charge in [-0.3, -0.25) is 4.90 Å². The van der Waals surface area contributed by atoms with Gasteiger partial charge in [0.2, 0.25) is 0 Å². The van der Waals surface area contributed by atoms with Gasteiger partial charge in [0.05, 0.1) is 6.10 Å². The summed E-state index contributed by atoms with van der Waals surface area (Å²) in [5, 5.41) is 9.89. The summed E-state index contributed by atoms with van der Waals surface area (Å²) >= 11 is 0. The van der Waals surface area contributed by atoms with Crippen molar-refractivity contribution in [3.63, 3.8) is 0 Å². The van der Waals surface area contributed by atoms with E-state index in [9.17, 15) is 5.11 Å². The van der Waals surface area contributed by atoms with E-state index in [0.29, 0.717) is 6.04 Å². The molecule has 2 nitrogen and oxygen atoms in total. The maximum Gasteiger partial charge on any atom is 0.0695 e. The minimum atomic E-state index is -0.0979. The number of fused-ring (bicyclic) bond motifs is 1. The Kier molecular flexibility index (Phi) is 2.26. The van der Waals surface area contributed by atoms with Crippen LogP contribution in [0.3, 0.4) is 0 Å². The molecule has 1 aliphatic heterocycles. The highest BCUT2D eigenvalue weighted by molar-refractivity contribution is 5.30. The Hall–Kier alpha value is -0.860. The zero-order valence-electron chi connectivity index (χ0n) is 8.89. The van der Waals surface area contributed by atoms with Crippen LogP contribution < -0.4 is 0 Å². The first-order valence-electron chi connectivity index (χ1n) is 5.83. The van der Waals surface area contributed by atoms with E-state index in [2.05, 4.69) is 29.2 Å². The van der Waals surface area contributed by atoms with Crippen LogP contribution in [-0.2, 0) is 13.1 Å². The maximum absolute atomic E-state index is 9.89. The van der Waals surface area contributed by atoms with Crippen molar-refractivity contribution in [1.29, 1.82) is 0 Å². The fraction of sp³-hybridized carbons (Fsp3) is 0.538. The molecule has 2 heteroatoms. The molecule has 1 N–H and O–H groups in total. The molecule has 2 aliphatic rings. The van der Waals surface area contributed by atoms with Gasteiger partial charge in [-0.2, -0.15) is 0 Å². The van der Waals surface area contributed by atoms with Gasteiger partial charge in [0.15, 0.2) is 0 Å². The largest absolute Gasteiger partial charge is 0.391 e. The SMILES string of the molecule is OC1CCCC1N1Cc2ccccc2C1. The minimum Gasteiger partial charge on any atom is -0.391 e. The first-order valence-corrected chi connectivity index (χ1v) is 5.83. The molecular formula is C13H17NO. The summed E-state index contributed by atoms with van der Waals surface area (Å²) < 4.78 is 0. The molecule has 0 aromatic heterocycles. The normalized spacial score (nSPS) is 30.7. The van der Waals surface area contributed by atoms with E-state index in [1.54, 1.807) is 0 Å². The number of rotatable bonds is 1. The van der Waals surface area contributed by atoms with Gasteiger partial charge in [-0.15, -0.1) is 0 Å². The number of hydrogen-bond acceptors (Lipinski definition) is 2. The predicted octanol–water partition coefficient (Wildman–Crippen LogP) is 1.92. The molecule has 2 unspecified atom stereocenters. The van der Waals surface area contributed by atoms with Gasteiger partial charge in [0.25, 0.3) is 0 Å². The smallest absolute Gasteiger partial charge is 0.0695 e. The summed E-state index contributed by atoms with van der Waals surface area (Å²) in [4.78, 5) is 2.43. The molecule has 1 fully saturated rings. The summed E-state index contributed by atoms with van der Waals surface area (Å²) in [7, 11) is 0. The van der Waals surface area contributed by atoms with Crippen LogP contribution >= 0.6 is 0 Å². The summed E-state index contributed by atoms with van der Waals surface area (Å²) in [5.41, 5.74) is 2.88. The second kappa shape index (κ2) is 3.62. The maximum atomic E-state index is 9.89. The Morgan fingerprint density at radius 2 is 1.73 bits per heavy atom. The highest BCUT2D eigenvalue weighted by Gasteiger charge is 2.33. The molecule has 80 valence electrons. The Morgan fingerprint density at radius 3 is 2.27 bits per heavy atom.